The number of amides is 1. The first-order chi connectivity index (χ1) is 13.0. The van der Waals surface area contributed by atoms with Crippen molar-refractivity contribution < 1.29 is 9.53 Å². The van der Waals surface area contributed by atoms with Gasteiger partial charge in [-0.2, -0.15) is 4.98 Å². The van der Waals surface area contributed by atoms with Gasteiger partial charge in [-0.25, -0.2) is 4.98 Å². The van der Waals surface area contributed by atoms with Gasteiger partial charge >= 0.3 is 0 Å². The highest BCUT2D eigenvalue weighted by atomic mass is 16.5. The number of anilines is 2. The van der Waals surface area contributed by atoms with E-state index in [4.69, 9.17) is 10.5 Å². The van der Waals surface area contributed by atoms with Gasteiger partial charge < -0.3 is 20.7 Å². The molecule has 1 atom stereocenters. The Morgan fingerprint density at radius 3 is 2.93 bits per heavy atom. The lowest BCUT2D eigenvalue weighted by molar-refractivity contribution is 0.0630. The molecule has 0 spiro atoms. The lowest BCUT2D eigenvalue weighted by Gasteiger charge is -2.24. The zero-order chi connectivity index (χ0) is 19.4. The SMILES string of the molecule is COC[C@@H]1CCCN1C(=O)c1cccc(-c2cc(NC(C)C)nc(N)n2)c1. The van der Waals surface area contributed by atoms with E-state index in [9.17, 15) is 4.79 Å². The standard InChI is InChI=1S/C20H27N5O2/c1-13(2)22-18-11-17(23-20(21)24-18)14-6-4-7-15(10-14)19(26)25-9-5-8-16(25)12-27-3/h4,6-7,10-11,13,16H,5,8-9,12H2,1-3H3,(H3,21,22,23,24)/t16-/m0/s1. The Kier molecular flexibility index (Phi) is 5.91. The molecule has 0 saturated carbocycles. The van der Waals surface area contributed by atoms with Crippen LogP contribution in [0.5, 0.6) is 0 Å². The predicted molar refractivity (Wildman–Crippen MR) is 107 cm³/mol. The summed E-state index contributed by atoms with van der Waals surface area (Å²) in [6.45, 7) is 5.39. The van der Waals surface area contributed by atoms with Gasteiger partial charge in [0.15, 0.2) is 0 Å². The third-order valence-corrected chi connectivity index (χ3v) is 4.58. The average Bonchev–Trinajstić information content (AvgIpc) is 3.09. The zero-order valence-corrected chi connectivity index (χ0v) is 16.1. The van der Waals surface area contributed by atoms with E-state index in [1.54, 1.807) is 7.11 Å². The molecule has 7 heteroatoms. The van der Waals surface area contributed by atoms with Crippen molar-refractivity contribution in [2.45, 2.75) is 38.8 Å². The van der Waals surface area contributed by atoms with E-state index >= 15 is 0 Å². The van der Waals surface area contributed by atoms with Gasteiger partial charge in [0.2, 0.25) is 5.95 Å². The molecule has 144 valence electrons. The first-order valence-electron chi connectivity index (χ1n) is 9.29. The van der Waals surface area contributed by atoms with E-state index in [0.29, 0.717) is 23.7 Å². The highest BCUT2D eigenvalue weighted by molar-refractivity contribution is 5.95. The number of rotatable bonds is 6. The van der Waals surface area contributed by atoms with E-state index < -0.39 is 0 Å². The molecule has 3 rings (SSSR count). The summed E-state index contributed by atoms with van der Waals surface area (Å²) in [5, 5.41) is 3.24. The van der Waals surface area contributed by atoms with Crippen molar-refractivity contribution in [1.82, 2.24) is 14.9 Å². The number of hydrogen-bond donors (Lipinski definition) is 2. The van der Waals surface area contributed by atoms with Crippen LogP contribution < -0.4 is 11.1 Å². The number of methoxy groups -OCH3 is 1. The molecule has 1 fully saturated rings. The van der Waals surface area contributed by atoms with E-state index in [2.05, 4.69) is 15.3 Å². The van der Waals surface area contributed by atoms with Crippen molar-refractivity contribution in [2.24, 2.45) is 0 Å². The molecule has 0 radical (unpaired) electrons. The smallest absolute Gasteiger partial charge is 0.254 e. The van der Waals surface area contributed by atoms with Gasteiger partial charge in [0, 0.05) is 36.9 Å². The fourth-order valence-corrected chi connectivity index (χ4v) is 3.43. The maximum absolute atomic E-state index is 13.0. The Morgan fingerprint density at radius 2 is 2.19 bits per heavy atom. The minimum atomic E-state index is 0.0268. The Hall–Kier alpha value is -2.67. The van der Waals surface area contributed by atoms with Crippen LogP contribution in [0.1, 0.15) is 37.0 Å². The van der Waals surface area contributed by atoms with Gasteiger partial charge in [-0.15, -0.1) is 0 Å². The van der Waals surface area contributed by atoms with Crippen LogP contribution in [0.3, 0.4) is 0 Å². The molecule has 2 aromatic rings. The summed E-state index contributed by atoms with van der Waals surface area (Å²) in [5.41, 5.74) is 8.04. The van der Waals surface area contributed by atoms with Crippen LogP contribution in [0, 0.1) is 0 Å². The fraction of sp³-hybridized carbons (Fsp3) is 0.450. The van der Waals surface area contributed by atoms with Crippen LogP contribution >= 0.6 is 0 Å². The molecule has 1 aliphatic heterocycles. The summed E-state index contributed by atoms with van der Waals surface area (Å²) < 4.78 is 5.26. The minimum Gasteiger partial charge on any atom is -0.383 e. The zero-order valence-electron chi connectivity index (χ0n) is 16.1. The minimum absolute atomic E-state index is 0.0268. The van der Waals surface area contributed by atoms with Crippen molar-refractivity contribution in [3.05, 3.63) is 35.9 Å². The van der Waals surface area contributed by atoms with Crippen LogP contribution in [-0.4, -0.2) is 53.1 Å². The van der Waals surface area contributed by atoms with Crippen LogP contribution in [0.2, 0.25) is 0 Å². The molecule has 1 aromatic heterocycles. The number of aromatic nitrogens is 2. The van der Waals surface area contributed by atoms with E-state index in [1.165, 1.54) is 0 Å². The van der Waals surface area contributed by atoms with Crippen molar-refractivity contribution in [2.75, 3.05) is 31.3 Å². The van der Waals surface area contributed by atoms with Crippen molar-refractivity contribution in [3.8, 4) is 11.3 Å². The lowest BCUT2D eigenvalue weighted by atomic mass is 10.1. The predicted octanol–water partition coefficient (Wildman–Crippen LogP) is 2.80. The van der Waals surface area contributed by atoms with Gasteiger partial charge in [-0.1, -0.05) is 12.1 Å². The molecule has 1 saturated heterocycles. The second kappa shape index (κ2) is 8.35. The Bertz CT molecular complexity index is 809. The van der Waals surface area contributed by atoms with Crippen molar-refractivity contribution in [1.29, 1.82) is 0 Å². The molecule has 1 amide bonds. The van der Waals surface area contributed by atoms with Crippen LogP contribution in [-0.2, 0) is 4.74 Å². The molecule has 0 bridgehead atoms. The maximum Gasteiger partial charge on any atom is 0.254 e. The van der Waals surface area contributed by atoms with Gasteiger partial charge in [-0.05, 0) is 38.8 Å². The van der Waals surface area contributed by atoms with Gasteiger partial charge in [-0.3, -0.25) is 4.79 Å². The second-order valence-corrected chi connectivity index (χ2v) is 7.13. The van der Waals surface area contributed by atoms with E-state index in [1.807, 2.05) is 49.1 Å². The molecular formula is C20H27N5O2. The molecule has 2 heterocycles. The summed E-state index contributed by atoms with van der Waals surface area (Å²) in [7, 11) is 1.67. The third-order valence-electron chi connectivity index (χ3n) is 4.58. The highest BCUT2D eigenvalue weighted by Crippen LogP contribution is 2.25. The monoisotopic (exact) mass is 369 g/mol. The van der Waals surface area contributed by atoms with Crippen molar-refractivity contribution in [3.63, 3.8) is 0 Å². The molecule has 0 aliphatic carbocycles. The molecule has 1 aliphatic rings. The summed E-state index contributed by atoms with van der Waals surface area (Å²) >= 11 is 0. The average molecular weight is 369 g/mol. The van der Waals surface area contributed by atoms with E-state index in [-0.39, 0.29) is 23.9 Å². The van der Waals surface area contributed by atoms with Crippen LogP contribution in [0.25, 0.3) is 11.3 Å². The van der Waals surface area contributed by atoms with E-state index in [0.717, 1.165) is 24.9 Å². The molecule has 3 N–H and O–H groups in total. The van der Waals surface area contributed by atoms with Gasteiger partial charge in [0.05, 0.1) is 18.3 Å². The van der Waals surface area contributed by atoms with Gasteiger partial charge in [0.1, 0.15) is 5.82 Å². The molecular weight excluding hydrogens is 342 g/mol. The number of likely N-dealkylation sites (tertiary alicyclic amines) is 1. The normalized spacial score (nSPS) is 16.7. The van der Waals surface area contributed by atoms with Crippen molar-refractivity contribution >= 4 is 17.7 Å². The summed E-state index contributed by atoms with van der Waals surface area (Å²) in [5.74, 6) is 0.898. The number of nitrogens with two attached hydrogens (primary N) is 1. The molecule has 1 aromatic carbocycles. The Morgan fingerprint density at radius 1 is 1.37 bits per heavy atom. The summed E-state index contributed by atoms with van der Waals surface area (Å²) in [6.07, 6.45) is 1.98. The van der Waals surface area contributed by atoms with Gasteiger partial charge in [0.25, 0.3) is 5.91 Å². The topological polar surface area (TPSA) is 93.4 Å². The van der Waals surface area contributed by atoms with Crippen LogP contribution in [0.15, 0.2) is 30.3 Å². The fourth-order valence-electron chi connectivity index (χ4n) is 3.43. The number of nitrogen functional groups attached to an aromatic ring is 1. The molecule has 7 nitrogen and oxygen atoms in total. The summed E-state index contributed by atoms with van der Waals surface area (Å²) in [6, 6.07) is 9.73. The van der Waals surface area contributed by atoms with Crippen LogP contribution in [0.4, 0.5) is 11.8 Å². The number of benzene rings is 1. The number of ether oxygens (including phenoxy) is 1. The lowest BCUT2D eigenvalue weighted by Crippen LogP contribution is -2.38. The first-order valence-corrected chi connectivity index (χ1v) is 9.29. The molecule has 0 unspecified atom stereocenters. The summed E-state index contributed by atoms with van der Waals surface area (Å²) in [4.78, 5) is 23.5. The molecule has 27 heavy (non-hydrogen) atoms. The maximum atomic E-state index is 13.0. The number of hydrogen-bond acceptors (Lipinski definition) is 6. The number of nitrogens with zero attached hydrogens (tertiary/aromatic N) is 3. The second-order valence-electron chi connectivity index (χ2n) is 7.13. The Labute approximate surface area is 159 Å². The third kappa shape index (κ3) is 4.54. The number of carbonyl (C=O) groups excluding carboxylic acids is 1. The Balaban J connectivity index is 1.87. The number of nitrogens with one attached hydrogen (secondary N) is 1. The first kappa shape index (κ1) is 19.1. The number of carbonyl (C=O) groups is 1. The highest BCUT2D eigenvalue weighted by Gasteiger charge is 2.29. The quantitative estimate of drug-likeness (QED) is 0.813. The largest absolute Gasteiger partial charge is 0.383 e.